The number of carbonyl (C=O) groups is 1. The van der Waals surface area contributed by atoms with Crippen molar-refractivity contribution >= 4 is 16.8 Å². The van der Waals surface area contributed by atoms with Gasteiger partial charge in [-0.1, -0.05) is 30.3 Å². The summed E-state index contributed by atoms with van der Waals surface area (Å²) >= 11 is 0. The normalized spacial score (nSPS) is 15.7. The third-order valence-electron chi connectivity index (χ3n) is 5.87. The van der Waals surface area contributed by atoms with Crippen LogP contribution in [0, 0.1) is 5.82 Å². The number of ether oxygens (including phenoxy) is 1. The van der Waals surface area contributed by atoms with Crippen LogP contribution in [0.25, 0.3) is 10.9 Å². The minimum atomic E-state index is -0.353. The molecule has 0 fully saturated rings. The van der Waals surface area contributed by atoms with Gasteiger partial charge in [0, 0.05) is 28.7 Å². The molecule has 0 bridgehead atoms. The number of amides is 1. The number of para-hydroxylation sites is 1. The Bertz CT molecular complexity index is 1250. The summed E-state index contributed by atoms with van der Waals surface area (Å²) in [6.45, 7) is 3.10. The van der Waals surface area contributed by atoms with E-state index in [9.17, 15) is 9.18 Å². The van der Waals surface area contributed by atoms with Gasteiger partial charge in [-0.3, -0.25) is 4.79 Å². The Hall–Kier alpha value is -3.60. The van der Waals surface area contributed by atoms with Crippen LogP contribution in [0.15, 0.2) is 72.8 Å². The van der Waals surface area contributed by atoms with E-state index in [2.05, 4.69) is 17.1 Å². The smallest absolute Gasteiger partial charge is 0.254 e. The Kier molecular flexibility index (Phi) is 4.94. The van der Waals surface area contributed by atoms with E-state index >= 15 is 0 Å². The number of rotatable bonds is 4. The van der Waals surface area contributed by atoms with Crippen molar-refractivity contribution in [2.45, 2.75) is 19.4 Å². The topological polar surface area (TPSA) is 45.3 Å². The van der Waals surface area contributed by atoms with Gasteiger partial charge in [0.15, 0.2) is 0 Å². The van der Waals surface area contributed by atoms with Gasteiger partial charge in [0.25, 0.3) is 5.91 Å². The lowest BCUT2D eigenvalue weighted by Crippen LogP contribution is -2.40. The van der Waals surface area contributed by atoms with Gasteiger partial charge in [0.2, 0.25) is 0 Å². The minimum Gasteiger partial charge on any atom is -0.494 e. The molecule has 0 saturated heterocycles. The van der Waals surface area contributed by atoms with Crippen molar-refractivity contribution in [1.82, 2.24) is 9.88 Å². The number of aromatic amines is 1. The van der Waals surface area contributed by atoms with Crippen molar-refractivity contribution in [2.24, 2.45) is 0 Å². The number of nitrogens with zero attached hydrogens (tertiary/aromatic N) is 1. The molecule has 4 aromatic rings. The van der Waals surface area contributed by atoms with Crippen LogP contribution in [0.1, 0.15) is 40.1 Å². The van der Waals surface area contributed by atoms with E-state index < -0.39 is 0 Å². The van der Waals surface area contributed by atoms with Crippen molar-refractivity contribution < 1.29 is 13.9 Å². The van der Waals surface area contributed by atoms with E-state index in [-0.39, 0.29) is 17.8 Å². The molecule has 1 amide bonds. The first-order valence-electron chi connectivity index (χ1n) is 10.5. The van der Waals surface area contributed by atoms with Crippen LogP contribution in [0.5, 0.6) is 5.75 Å². The summed E-state index contributed by atoms with van der Waals surface area (Å²) in [5, 5.41) is 1.19. The molecule has 1 aliphatic heterocycles. The monoisotopic (exact) mass is 414 g/mol. The molecule has 0 aliphatic carbocycles. The average Bonchev–Trinajstić information content (AvgIpc) is 3.17. The fourth-order valence-electron chi connectivity index (χ4n) is 4.51. The third kappa shape index (κ3) is 3.46. The van der Waals surface area contributed by atoms with Crippen LogP contribution in [0.3, 0.4) is 0 Å². The quantitative estimate of drug-likeness (QED) is 0.480. The summed E-state index contributed by atoms with van der Waals surface area (Å²) in [4.78, 5) is 18.9. The van der Waals surface area contributed by atoms with Crippen LogP contribution < -0.4 is 4.74 Å². The van der Waals surface area contributed by atoms with Crippen molar-refractivity contribution in [3.8, 4) is 5.75 Å². The van der Waals surface area contributed by atoms with Crippen LogP contribution in [0.4, 0.5) is 4.39 Å². The number of H-pyrrole nitrogens is 1. The van der Waals surface area contributed by atoms with Crippen molar-refractivity contribution in [1.29, 1.82) is 0 Å². The molecule has 1 aromatic heterocycles. The van der Waals surface area contributed by atoms with Crippen molar-refractivity contribution in [2.75, 3.05) is 13.2 Å². The number of hydrogen-bond donors (Lipinski definition) is 1. The predicted molar refractivity (Wildman–Crippen MR) is 119 cm³/mol. The summed E-state index contributed by atoms with van der Waals surface area (Å²) < 4.78 is 19.1. The summed E-state index contributed by atoms with van der Waals surface area (Å²) in [5.41, 5.74) is 4.79. The van der Waals surface area contributed by atoms with Crippen LogP contribution in [-0.2, 0) is 6.42 Å². The van der Waals surface area contributed by atoms with Gasteiger partial charge in [0.1, 0.15) is 11.6 Å². The van der Waals surface area contributed by atoms with Gasteiger partial charge in [-0.2, -0.15) is 0 Å². The Morgan fingerprint density at radius 1 is 1.10 bits per heavy atom. The Morgan fingerprint density at radius 3 is 2.71 bits per heavy atom. The molecule has 31 heavy (non-hydrogen) atoms. The van der Waals surface area contributed by atoms with E-state index in [4.69, 9.17) is 4.74 Å². The van der Waals surface area contributed by atoms with Crippen LogP contribution in [0.2, 0.25) is 0 Å². The largest absolute Gasteiger partial charge is 0.494 e. The summed E-state index contributed by atoms with van der Waals surface area (Å²) in [7, 11) is 0. The second kappa shape index (κ2) is 7.91. The highest BCUT2D eigenvalue weighted by molar-refractivity contribution is 5.95. The van der Waals surface area contributed by atoms with Gasteiger partial charge in [-0.05, 0) is 66.9 Å². The zero-order chi connectivity index (χ0) is 21.4. The number of fused-ring (bicyclic) bond motifs is 3. The standard InChI is InChI=1S/C26H23FN2O2/c1-2-31-20-7-5-6-18(16-20)25-24-22(21-8-3-4-9-23(21)28-24)14-15-29(25)26(30)17-10-12-19(27)13-11-17/h3-13,16,25,28H,2,14-15H2,1H3/t25-/m0/s1. The van der Waals surface area contributed by atoms with E-state index in [0.717, 1.165) is 28.9 Å². The number of benzene rings is 3. The predicted octanol–water partition coefficient (Wildman–Crippen LogP) is 5.49. The van der Waals surface area contributed by atoms with Gasteiger partial charge >= 0.3 is 0 Å². The highest BCUT2D eigenvalue weighted by Gasteiger charge is 2.35. The van der Waals surface area contributed by atoms with E-state index in [1.54, 1.807) is 12.1 Å². The molecule has 0 unspecified atom stereocenters. The van der Waals surface area contributed by atoms with Gasteiger partial charge in [0.05, 0.1) is 12.6 Å². The zero-order valence-corrected chi connectivity index (χ0v) is 17.3. The highest BCUT2D eigenvalue weighted by atomic mass is 19.1. The van der Waals surface area contributed by atoms with Crippen molar-refractivity contribution in [3.63, 3.8) is 0 Å². The fourth-order valence-corrected chi connectivity index (χ4v) is 4.51. The molecule has 156 valence electrons. The first kappa shape index (κ1) is 19.4. The lowest BCUT2D eigenvalue weighted by atomic mass is 9.91. The molecule has 5 rings (SSSR count). The molecule has 1 N–H and O–H groups in total. The number of aromatic nitrogens is 1. The number of hydrogen-bond acceptors (Lipinski definition) is 2. The molecule has 1 atom stereocenters. The Balaban J connectivity index is 1.64. The SMILES string of the molecule is CCOc1cccc([C@H]2c3[nH]c4ccccc4c3CCN2C(=O)c2ccc(F)cc2)c1. The minimum absolute atomic E-state index is 0.115. The van der Waals surface area contributed by atoms with E-state index in [1.807, 2.05) is 48.2 Å². The highest BCUT2D eigenvalue weighted by Crippen LogP contribution is 2.39. The maximum absolute atomic E-state index is 13.5. The summed E-state index contributed by atoms with van der Waals surface area (Å²) in [6.07, 6.45) is 0.758. The van der Waals surface area contributed by atoms with Gasteiger partial charge in [-0.25, -0.2) is 4.39 Å². The molecule has 2 heterocycles. The molecule has 0 radical (unpaired) electrons. The fraction of sp³-hybridized carbons (Fsp3) is 0.192. The molecular weight excluding hydrogens is 391 g/mol. The molecule has 4 nitrogen and oxygen atoms in total. The lowest BCUT2D eigenvalue weighted by Gasteiger charge is -2.36. The van der Waals surface area contributed by atoms with E-state index in [1.165, 1.54) is 23.1 Å². The van der Waals surface area contributed by atoms with E-state index in [0.29, 0.717) is 18.7 Å². The number of halogens is 1. The maximum atomic E-state index is 13.5. The average molecular weight is 414 g/mol. The number of nitrogens with one attached hydrogen (secondary N) is 1. The zero-order valence-electron chi connectivity index (χ0n) is 17.3. The van der Waals surface area contributed by atoms with Gasteiger partial charge < -0.3 is 14.6 Å². The van der Waals surface area contributed by atoms with Crippen molar-refractivity contribution in [3.05, 3.63) is 101 Å². The molecule has 1 aliphatic rings. The molecule has 0 saturated carbocycles. The van der Waals surface area contributed by atoms with Crippen LogP contribution in [-0.4, -0.2) is 28.9 Å². The Labute approximate surface area is 180 Å². The molecule has 5 heteroatoms. The lowest BCUT2D eigenvalue weighted by molar-refractivity contribution is 0.0691. The first-order valence-corrected chi connectivity index (χ1v) is 10.5. The molecule has 0 spiro atoms. The third-order valence-corrected chi connectivity index (χ3v) is 5.87. The van der Waals surface area contributed by atoms with Gasteiger partial charge in [-0.15, -0.1) is 0 Å². The maximum Gasteiger partial charge on any atom is 0.254 e. The second-order valence-corrected chi connectivity index (χ2v) is 7.73. The molecule has 3 aromatic carbocycles. The van der Waals surface area contributed by atoms with Crippen LogP contribution >= 0.6 is 0 Å². The second-order valence-electron chi connectivity index (χ2n) is 7.73. The summed E-state index contributed by atoms with van der Waals surface area (Å²) in [5.74, 6) is 0.308. The molecular formula is C26H23FN2O2. The first-order chi connectivity index (χ1) is 15.2. The number of carbonyl (C=O) groups excluding carboxylic acids is 1. The summed E-state index contributed by atoms with van der Waals surface area (Å²) in [6, 6.07) is 21.6. The Morgan fingerprint density at radius 2 is 1.90 bits per heavy atom.